The Morgan fingerprint density at radius 3 is 2.86 bits per heavy atom. The van der Waals surface area contributed by atoms with Crippen molar-refractivity contribution in [2.24, 2.45) is 0 Å². The lowest BCUT2D eigenvalue weighted by atomic mass is 10.0. The van der Waals surface area contributed by atoms with Crippen molar-refractivity contribution in [3.63, 3.8) is 0 Å². The molecule has 0 unspecified atom stereocenters. The summed E-state index contributed by atoms with van der Waals surface area (Å²) in [6, 6.07) is 12.7. The number of ether oxygens (including phenoxy) is 1. The number of hydrogen-bond donors (Lipinski definition) is 1. The fraction of sp³-hybridized carbons (Fsp3) is 0.333. The van der Waals surface area contributed by atoms with E-state index in [-0.39, 0.29) is 5.60 Å². The van der Waals surface area contributed by atoms with E-state index in [1.807, 2.05) is 0 Å². The predicted molar refractivity (Wildman–Crippen MR) is 91.1 cm³/mol. The number of aryl methyl sites for hydroxylation is 1. The highest BCUT2D eigenvalue weighted by atomic mass is 79.9. The third-order valence-corrected chi connectivity index (χ3v) is 4.46. The summed E-state index contributed by atoms with van der Waals surface area (Å²) in [5, 5.41) is 3.50. The quantitative estimate of drug-likeness (QED) is 0.837. The van der Waals surface area contributed by atoms with Crippen molar-refractivity contribution in [3.05, 3.63) is 57.6 Å². The van der Waals surface area contributed by atoms with Crippen LogP contribution in [0.3, 0.4) is 0 Å². The Kier molecular flexibility index (Phi) is 3.70. The zero-order valence-corrected chi connectivity index (χ0v) is 14.3. The summed E-state index contributed by atoms with van der Waals surface area (Å²) in [7, 11) is 0. The normalized spacial score (nSPS) is 15.4. The van der Waals surface area contributed by atoms with Crippen LogP contribution in [-0.2, 0) is 13.0 Å². The third kappa shape index (κ3) is 3.08. The molecule has 3 heteroatoms. The molecule has 0 saturated heterocycles. The van der Waals surface area contributed by atoms with Crippen LogP contribution in [0.4, 0.5) is 5.69 Å². The first-order chi connectivity index (χ1) is 9.94. The van der Waals surface area contributed by atoms with Crippen molar-refractivity contribution in [3.8, 4) is 5.75 Å². The topological polar surface area (TPSA) is 21.3 Å². The SMILES string of the molecule is Cc1ccc(Br)c(NCc2cccc3c2OC(C)(C)C3)c1. The van der Waals surface area contributed by atoms with Crippen LogP contribution in [0.2, 0.25) is 0 Å². The highest BCUT2D eigenvalue weighted by Gasteiger charge is 2.31. The molecule has 1 aliphatic heterocycles. The summed E-state index contributed by atoms with van der Waals surface area (Å²) in [6.07, 6.45) is 0.977. The van der Waals surface area contributed by atoms with Crippen molar-refractivity contribution >= 4 is 21.6 Å². The van der Waals surface area contributed by atoms with Gasteiger partial charge in [-0.15, -0.1) is 0 Å². The Balaban J connectivity index is 1.81. The molecule has 0 aromatic heterocycles. The zero-order chi connectivity index (χ0) is 15.0. The van der Waals surface area contributed by atoms with E-state index in [1.165, 1.54) is 16.7 Å². The van der Waals surface area contributed by atoms with Gasteiger partial charge in [0.05, 0.1) is 0 Å². The summed E-state index contributed by atoms with van der Waals surface area (Å²) in [5.41, 5.74) is 4.79. The van der Waals surface area contributed by atoms with E-state index in [0.717, 1.165) is 28.9 Å². The number of fused-ring (bicyclic) bond motifs is 1. The average Bonchev–Trinajstić information content (AvgIpc) is 2.74. The van der Waals surface area contributed by atoms with Crippen LogP contribution in [0.5, 0.6) is 5.75 Å². The van der Waals surface area contributed by atoms with E-state index < -0.39 is 0 Å². The lowest BCUT2D eigenvalue weighted by Crippen LogP contribution is -2.25. The van der Waals surface area contributed by atoms with E-state index in [0.29, 0.717) is 0 Å². The molecule has 1 N–H and O–H groups in total. The first-order valence-electron chi connectivity index (χ1n) is 7.24. The van der Waals surface area contributed by atoms with Gasteiger partial charge in [0.1, 0.15) is 11.4 Å². The predicted octanol–water partition coefficient (Wildman–Crippen LogP) is 5.08. The highest BCUT2D eigenvalue weighted by molar-refractivity contribution is 9.10. The number of halogens is 1. The Morgan fingerprint density at radius 1 is 1.24 bits per heavy atom. The van der Waals surface area contributed by atoms with Crippen molar-refractivity contribution < 1.29 is 4.74 Å². The summed E-state index contributed by atoms with van der Waals surface area (Å²) in [6.45, 7) is 7.15. The smallest absolute Gasteiger partial charge is 0.128 e. The fourth-order valence-electron chi connectivity index (χ4n) is 2.78. The van der Waals surface area contributed by atoms with Gasteiger partial charge < -0.3 is 10.1 Å². The second-order valence-corrected chi connectivity index (χ2v) is 7.14. The molecule has 0 aliphatic carbocycles. The molecule has 0 spiro atoms. The van der Waals surface area contributed by atoms with Crippen molar-refractivity contribution in [2.45, 2.75) is 39.3 Å². The standard InChI is InChI=1S/C18H20BrNO/c1-12-7-8-15(19)16(9-12)20-11-14-6-4-5-13-10-18(2,3)21-17(13)14/h4-9,20H,10-11H2,1-3H3. The van der Waals surface area contributed by atoms with E-state index in [4.69, 9.17) is 4.74 Å². The summed E-state index contributed by atoms with van der Waals surface area (Å²) in [4.78, 5) is 0. The van der Waals surface area contributed by atoms with Crippen LogP contribution in [0, 0.1) is 6.92 Å². The second kappa shape index (κ2) is 5.38. The monoisotopic (exact) mass is 345 g/mol. The molecule has 110 valence electrons. The minimum absolute atomic E-state index is 0.0949. The van der Waals surface area contributed by atoms with E-state index >= 15 is 0 Å². The zero-order valence-electron chi connectivity index (χ0n) is 12.7. The van der Waals surface area contributed by atoms with Gasteiger partial charge in [-0.1, -0.05) is 24.3 Å². The Morgan fingerprint density at radius 2 is 2.05 bits per heavy atom. The van der Waals surface area contributed by atoms with Gasteiger partial charge in [-0.05, 0) is 60.0 Å². The molecule has 21 heavy (non-hydrogen) atoms. The largest absolute Gasteiger partial charge is 0.487 e. The Hall–Kier alpha value is -1.48. The van der Waals surface area contributed by atoms with Crippen LogP contribution in [0.25, 0.3) is 0 Å². The lowest BCUT2D eigenvalue weighted by molar-refractivity contribution is 0.137. The maximum Gasteiger partial charge on any atom is 0.128 e. The third-order valence-electron chi connectivity index (χ3n) is 3.76. The minimum atomic E-state index is -0.0949. The van der Waals surface area contributed by atoms with Gasteiger partial charge in [-0.25, -0.2) is 0 Å². The second-order valence-electron chi connectivity index (χ2n) is 6.28. The van der Waals surface area contributed by atoms with E-state index in [2.05, 4.69) is 78.4 Å². The van der Waals surface area contributed by atoms with Gasteiger partial charge in [0, 0.05) is 28.7 Å². The summed E-state index contributed by atoms with van der Waals surface area (Å²) < 4.78 is 7.20. The van der Waals surface area contributed by atoms with Gasteiger partial charge in [0.2, 0.25) is 0 Å². The highest BCUT2D eigenvalue weighted by Crippen LogP contribution is 2.38. The molecule has 0 amide bonds. The average molecular weight is 346 g/mol. The summed E-state index contributed by atoms with van der Waals surface area (Å²) >= 11 is 3.59. The number of nitrogens with one attached hydrogen (secondary N) is 1. The molecule has 0 radical (unpaired) electrons. The molecule has 2 aromatic rings. The van der Waals surface area contributed by atoms with Gasteiger partial charge in [0.25, 0.3) is 0 Å². The van der Waals surface area contributed by atoms with Gasteiger partial charge >= 0.3 is 0 Å². The Bertz CT molecular complexity index is 679. The van der Waals surface area contributed by atoms with Crippen LogP contribution >= 0.6 is 15.9 Å². The van der Waals surface area contributed by atoms with E-state index in [1.54, 1.807) is 0 Å². The molecular weight excluding hydrogens is 326 g/mol. The molecule has 0 atom stereocenters. The van der Waals surface area contributed by atoms with Crippen LogP contribution in [0.1, 0.15) is 30.5 Å². The fourth-order valence-corrected chi connectivity index (χ4v) is 3.17. The van der Waals surface area contributed by atoms with Crippen LogP contribution in [-0.4, -0.2) is 5.60 Å². The number of anilines is 1. The molecule has 3 rings (SSSR count). The first-order valence-corrected chi connectivity index (χ1v) is 8.04. The molecule has 2 aromatic carbocycles. The molecule has 0 saturated carbocycles. The van der Waals surface area contributed by atoms with Crippen molar-refractivity contribution in [1.29, 1.82) is 0 Å². The molecule has 1 heterocycles. The maximum atomic E-state index is 6.12. The number of para-hydroxylation sites is 1. The molecule has 1 aliphatic rings. The lowest BCUT2D eigenvalue weighted by Gasteiger charge is -2.18. The molecule has 0 bridgehead atoms. The number of rotatable bonds is 3. The van der Waals surface area contributed by atoms with Crippen LogP contribution in [0.15, 0.2) is 40.9 Å². The molecular formula is C18H20BrNO. The number of benzene rings is 2. The number of hydrogen-bond acceptors (Lipinski definition) is 2. The summed E-state index contributed by atoms with van der Waals surface area (Å²) in [5.74, 6) is 1.05. The minimum Gasteiger partial charge on any atom is -0.487 e. The van der Waals surface area contributed by atoms with Crippen LogP contribution < -0.4 is 10.1 Å². The first kappa shape index (κ1) is 14.5. The van der Waals surface area contributed by atoms with Gasteiger partial charge in [0.15, 0.2) is 0 Å². The van der Waals surface area contributed by atoms with Gasteiger partial charge in [-0.2, -0.15) is 0 Å². The maximum absolute atomic E-state index is 6.12. The molecule has 0 fully saturated rings. The molecule has 2 nitrogen and oxygen atoms in total. The van der Waals surface area contributed by atoms with Gasteiger partial charge in [-0.3, -0.25) is 0 Å². The van der Waals surface area contributed by atoms with Crippen molar-refractivity contribution in [2.75, 3.05) is 5.32 Å². The van der Waals surface area contributed by atoms with Crippen molar-refractivity contribution in [1.82, 2.24) is 0 Å². The Labute approximate surface area is 134 Å². The van der Waals surface area contributed by atoms with E-state index in [9.17, 15) is 0 Å².